The minimum Gasteiger partial charge on any atom is -0.453 e. The van der Waals surface area contributed by atoms with E-state index in [0.29, 0.717) is 0 Å². The van der Waals surface area contributed by atoms with Crippen molar-refractivity contribution in [1.29, 1.82) is 0 Å². The van der Waals surface area contributed by atoms with Gasteiger partial charge in [-0.1, -0.05) is 6.07 Å². The van der Waals surface area contributed by atoms with Gasteiger partial charge in [-0.05, 0) is 56.9 Å². The van der Waals surface area contributed by atoms with E-state index in [-0.39, 0.29) is 29.8 Å². The molecule has 1 amide bonds. The molecule has 1 atom stereocenters. The van der Waals surface area contributed by atoms with E-state index in [1.165, 1.54) is 13.0 Å². The van der Waals surface area contributed by atoms with Crippen LogP contribution in [0, 0.1) is 13.8 Å². The van der Waals surface area contributed by atoms with E-state index in [1.807, 2.05) is 13.8 Å². The molecule has 2 N–H and O–H groups in total. The first-order valence-corrected chi connectivity index (χ1v) is 9.74. The van der Waals surface area contributed by atoms with Crippen molar-refractivity contribution < 1.29 is 22.7 Å². The molecule has 0 aromatic heterocycles. The van der Waals surface area contributed by atoms with Crippen molar-refractivity contribution in [3.05, 3.63) is 29.3 Å². The predicted molar refractivity (Wildman–Crippen MR) is 92.4 cm³/mol. The van der Waals surface area contributed by atoms with Gasteiger partial charge in [0.25, 0.3) is 5.91 Å². The lowest BCUT2D eigenvalue weighted by atomic mass is 10.1. The Kier molecular flexibility index (Phi) is 6.18. The molecule has 0 unspecified atom stereocenters. The predicted octanol–water partition coefficient (Wildman–Crippen LogP) is 1.18. The summed E-state index contributed by atoms with van der Waals surface area (Å²) in [6.07, 6.45) is 0.870. The highest BCUT2D eigenvalue weighted by molar-refractivity contribution is 7.89. The third-order valence-electron chi connectivity index (χ3n) is 4.01. The van der Waals surface area contributed by atoms with Crippen LogP contribution in [0.2, 0.25) is 0 Å². The third kappa shape index (κ3) is 5.82. The number of carbonyl (C=O) groups excluding carboxylic acids is 2. The lowest BCUT2D eigenvalue weighted by molar-refractivity contribution is -0.154. The van der Waals surface area contributed by atoms with Crippen molar-refractivity contribution in [3.63, 3.8) is 0 Å². The van der Waals surface area contributed by atoms with Gasteiger partial charge in [0.2, 0.25) is 10.0 Å². The van der Waals surface area contributed by atoms with Gasteiger partial charge in [-0.25, -0.2) is 13.1 Å². The number of esters is 1. The molecule has 0 heterocycles. The minimum atomic E-state index is -3.68. The second kappa shape index (κ2) is 7.97. The molecule has 1 saturated carbocycles. The fraction of sp³-hybridized carbons (Fsp3) is 0.529. The van der Waals surface area contributed by atoms with Crippen LogP contribution >= 0.6 is 0 Å². The maximum atomic E-state index is 12.2. The van der Waals surface area contributed by atoms with Crippen LogP contribution < -0.4 is 10.0 Å². The monoisotopic (exact) mass is 368 g/mol. The number of hydrogen-bond donors (Lipinski definition) is 2. The Bertz CT molecular complexity index is 756. The fourth-order valence-corrected chi connectivity index (χ4v) is 3.22. The lowest BCUT2D eigenvalue weighted by Gasteiger charge is -2.13. The van der Waals surface area contributed by atoms with E-state index in [0.717, 1.165) is 24.0 Å². The van der Waals surface area contributed by atoms with E-state index in [1.54, 1.807) is 12.1 Å². The van der Waals surface area contributed by atoms with Gasteiger partial charge in [0.1, 0.15) is 0 Å². The van der Waals surface area contributed by atoms with Gasteiger partial charge in [0.15, 0.2) is 6.10 Å². The number of nitrogens with one attached hydrogen (secondary N) is 2. The molecule has 25 heavy (non-hydrogen) atoms. The van der Waals surface area contributed by atoms with Crippen LogP contribution in [0.4, 0.5) is 0 Å². The van der Waals surface area contributed by atoms with Gasteiger partial charge >= 0.3 is 5.97 Å². The number of benzene rings is 1. The Hall–Kier alpha value is -1.93. The van der Waals surface area contributed by atoms with Crippen molar-refractivity contribution in [3.8, 4) is 0 Å². The third-order valence-corrected chi connectivity index (χ3v) is 5.47. The highest BCUT2D eigenvalue weighted by Gasteiger charge is 2.27. The van der Waals surface area contributed by atoms with Crippen molar-refractivity contribution >= 4 is 21.9 Å². The van der Waals surface area contributed by atoms with Crippen LogP contribution in [-0.4, -0.2) is 39.0 Å². The number of amides is 1. The number of carbonyl (C=O) groups is 2. The maximum Gasteiger partial charge on any atom is 0.307 e. The van der Waals surface area contributed by atoms with Crippen LogP contribution in [-0.2, 0) is 24.3 Å². The van der Waals surface area contributed by atoms with Gasteiger partial charge in [0.05, 0.1) is 11.3 Å². The van der Waals surface area contributed by atoms with Gasteiger partial charge in [-0.2, -0.15) is 0 Å². The standard InChI is InChI=1S/C17H24N2O5S/c1-11-4-7-15(10-12(11)2)25(22,23)18-9-8-16(20)24-13(3)17(21)19-14-5-6-14/h4,7,10,13-14,18H,5-6,8-9H2,1-3H3,(H,19,21)/t13-/m1/s1. The lowest BCUT2D eigenvalue weighted by Crippen LogP contribution is -2.37. The molecule has 0 spiro atoms. The summed E-state index contributed by atoms with van der Waals surface area (Å²) in [5.74, 6) is -0.951. The van der Waals surface area contributed by atoms with Crippen molar-refractivity contribution in [1.82, 2.24) is 10.0 Å². The summed E-state index contributed by atoms with van der Waals surface area (Å²) in [6, 6.07) is 5.03. The molecule has 0 radical (unpaired) electrons. The van der Waals surface area contributed by atoms with Crippen LogP contribution in [0.3, 0.4) is 0 Å². The summed E-state index contributed by atoms with van der Waals surface area (Å²) in [4.78, 5) is 23.6. The summed E-state index contributed by atoms with van der Waals surface area (Å²) < 4.78 is 31.8. The van der Waals surface area contributed by atoms with Gasteiger partial charge in [-0.15, -0.1) is 0 Å². The molecule has 0 saturated heterocycles. The van der Waals surface area contributed by atoms with E-state index < -0.39 is 22.1 Å². The van der Waals surface area contributed by atoms with Crippen molar-refractivity contribution in [2.24, 2.45) is 0 Å². The molecule has 1 aromatic carbocycles. The summed E-state index contributed by atoms with van der Waals surface area (Å²) in [7, 11) is -3.68. The molecular formula is C17H24N2O5S. The van der Waals surface area contributed by atoms with Gasteiger partial charge in [-0.3, -0.25) is 9.59 Å². The molecule has 8 heteroatoms. The second-order valence-electron chi connectivity index (χ2n) is 6.31. The zero-order valence-corrected chi connectivity index (χ0v) is 15.5. The van der Waals surface area contributed by atoms with Crippen LogP contribution in [0.25, 0.3) is 0 Å². The Labute approximate surface area is 148 Å². The Morgan fingerprint density at radius 3 is 2.52 bits per heavy atom. The number of sulfonamides is 1. The molecular weight excluding hydrogens is 344 g/mol. The number of rotatable bonds is 8. The SMILES string of the molecule is Cc1ccc(S(=O)(=O)NCCC(=O)O[C@H](C)C(=O)NC2CC2)cc1C. The summed E-state index contributed by atoms with van der Waals surface area (Å²) in [5.41, 5.74) is 1.87. The number of hydrogen-bond acceptors (Lipinski definition) is 5. The Balaban J connectivity index is 1.79. The van der Waals surface area contributed by atoms with Crippen molar-refractivity contribution in [2.45, 2.75) is 57.1 Å². The Morgan fingerprint density at radius 2 is 1.92 bits per heavy atom. The van der Waals surface area contributed by atoms with E-state index in [4.69, 9.17) is 4.74 Å². The van der Waals surface area contributed by atoms with Gasteiger partial charge in [0, 0.05) is 12.6 Å². The number of ether oxygens (including phenoxy) is 1. The number of aryl methyl sites for hydroxylation is 2. The molecule has 0 aliphatic heterocycles. The molecule has 2 rings (SSSR count). The molecule has 7 nitrogen and oxygen atoms in total. The van der Waals surface area contributed by atoms with Crippen LogP contribution in [0.5, 0.6) is 0 Å². The highest BCUT2D eigenvalue weighted by atomic mass is 32.2. The van der Waals surface area contributed by atoms with Crippen molar-refractivity contribution in [2.75, 3.05) is 6.54 Å². The molecule has 0 bridgehead atoms. The fourth-order valence-electron chi connectivity index (χ4n) is 2.11. The van der Waals surface area contributed by atoms with Crippen LogP contribution in [0.1, 0.15) is 37.3 Å². The smallest absolute Gasteiger partial charge is 0.307 e. The quantitative estimate of drug-likeness (QED) is 0.671. The first kappa shape index (κ1) is 19.4. The van der Waals surface area contributed by atoms with E-state index >= 15 is 0 Å². The second-order valence-corrected chi connectivity index (χ2v) is 8.08. The molecule has 138 valence electrons. The highest BCUT2D eigenvalue weighted by Crippen LogP contribution is 2.19. The molecule has 1 aliphatic carbocycles. The average molecular weight is 368 g/mol. The normalized spacial score (nSPS) is 15.5. The molecule has 1 aromatic rings. The largest absolute Gasteiger partial charge is 0.453 e. The molecule has 1 aliphatic rings. The zero-order valence-electron chi connectivity index (χ0n) is 14.7. The topological polar surface area (TPSA) is 102 Å². The minimum absolute atomic E-state index is 0.0922. The summed E-state index contributed by atoms with van der Waals surface area (Å²) >= 11 is 0. The van der Waals surface area contributed by atoms with E-state index in [2.05, 4.69) is 10.0 Å². The van der Waals surface area contributed by atoms with Crippen LogP contribution in [0.15, 0.2) is 23.1 Å². The van der Waals surface area contributed by atoms with E-state index in [9.17, 15) is 18.0 Å². The average Bonchev–Trinajstić information content (AvgIpc) is 3.33. The Morgan fingerprint density at radius 1 is 1.24 bits per heavy atom. The van der Waals surface area contributed by atoms with Gasteiger partial charge < -0.3 is 10.1 Å². The first-order valence-electron chi connectivity index (χ1n) is 8.26. The summed E-state index contributed by atoms with van der Waals surface area (Å²) in [5, 5.41) is 2.74. The molecule has 1 fully saturated rings. The zero-order chi connectivity index (χ0) is 18.6. The summed E-state index contributed by atoms with van der Waals surface area (Å²) in [6.45, 7) is 5.13. The first-order chi connectivity index (χ1) is 11.7. The maximum absolute atomic E-state index is 12.2.